The molecule has 1 heterocycles. The lowest BCUT2D eigenvalue weighted by Crippen LogP contribution is -2.12. The highest BCUT2D eigenvalue weighted by Crippen LogP contribution is 2.43. The summed E-state index contributed by atoms with van der Waals surface area (Å²) in [4.78, 5) is 11.4. The predicted octanol–water partition coefficient (Wildman–Crippen LogP) is 7.39. The van der Waals surface area contributed by atoms with Gasteiger partial charge < -0.3 is 9.47 Å². The van der Waals surface area contributed by atoms with Gasteiger partial charge in [0.2, 0.25) is 6.54 Å². The van der Waals surface area contributed by atoms with Crippen LogP contribution >= 0.6 is 39.3 Å². The highest BCUT2D eigenvalue weighted by atomic mass is 79.9. The average molecular weight is 618 g/mol. The number of ether oxygens (including phenoxy) is 2. The van der Waals surface area contributed by atoms with Gasteiger partial charge in [-0.1, -0.05) is 59.3 Å². The number of nitro groups is 1. The molecule has 0 spiro atoms. The first-order chi connectivity index (χ1) is 18.3. The number of benzene rings is 3. The molecule has 0 radical (unpaired) electrons. The number of rotatable bonds is 11. The third-order valence-electron chi connectivity index (χ3n) is 5.68. The van der Waals surface area contributed by atoms with E-state index in [1.807, 2.05) is 73.9 Å². The van der Waals surface area contributed by atoms with E-state index in [2.05, 4.69) is 26.1 Å². The Morgan fingerprint density at radius 3 is 2.53 bits per heavy atom. The smallest absolute Gasteiger partial charge is 0.220 e. The largest absolute Gasteiger partial charge is 0.490 e. The molecular formula is C27H26BrClN4O4S. The van der Waals surface area contributed by atoms with Crippen LogP contribution in [0.3, 0.4) is 0 Å². The predicted molar refractivity (Wildman–Crippen MR) is 152 cm³/mol. The number of halogens is 2. The van der Waals surface area contributed by atoms with Crippen molar-refractivity contribution in [1.82, 2.24) is 14.8 Å². The maximum absolute atomic E-state index is 11.7. The fourth-order valence-corrected chi connectivity index (χ4v) is 5.74. The summed E-state index contributed by atoms with van der Waals surface area (Å²) in [7, 11) is 0. The van der Waals surface area contributed by atoms with Gasteiger partial charge in [0.25, 0.3) is 0 Å². The van der Waals surface area contributed by atoms with Gasteiger partial charge in [0, 0.05) is 21.2 Å². The highest BCUT2D eigenvalue weighted by molar-refractivity contribution is 9.10. The van der Waals surface area contributed by atoms with Crippen LogP contribution in [0.25, 0.3) is 5.69 Å². The van der Waals surface area contributed by atoms with Gasteiger partial charge in [0.1, 0.15) is 17.7 Å². The van der Waals surface area contributed by atoms with Crippen molar-refractivity contribution in [1.29, 1.82) is 0 Å². The highest BCUT2D eigenvalue weighted by Gasteiger charge is 2.26. The van der Waals surface area contributed by atoms with Crippen LogP contribution in [0, 0.1) is 24.0 Å². The van der Waals surface area contributed by atoms with Crippen LogP contribution in [-0.2, 0) is 6.61 Å². The van der Waals surface area contributed by atoms with E-state index in [9.17, 15) is 10.1 Å². The van der Waals surface area contributed by atoms with E-state index < -0.39 is 5.25 Å². The average Bonchev–Trinajstić information content (AvgIpc) is 3.24. The minimum Gasteiger partial charge on any atom is -0.490 e. The molecule has 1 aromatic heterocycles. The molecule has 0 fully saturated rings. The number of hydrogen-bond acceptors (Lipinski definition) is 7. The number of thioether (sulfide) groups is 1. The van der Waals surface area contributed by atoms with Gasteiger partial charge in [0.05, 0.1) is 11.1 Å². The first kappa shape index (κ1) is 27.9. The molecule has 0 aliphatic carbocycles. The molecule has 0 saturated carbocycles. The zero-order valence-corrected chi connectivity index (χ0v) is 24.2. The van der Waals surface area contributed by atoms with Gasteiger partial charge in [-0.3, -0.25) is 14.7 Å². The zero-order chi connectivity index (χ0) is 27.2. The Bertz CT molecular complexity index is 1430. The minimum absolute atomic E-state index is 0.240. The van der Waals surface area contributed by atoms with Crippen molar-refractivity contribution >= 4 is 39.3 Å². The maximum atomic E-state index is 11.7. The lowest BCUT2D eigenvalue weighted by molar-refractivity contribution is -0.479. The lowest BCUT2D eigenvalue weighted by atomic mass is 10.1. The van der Waals surface area contributed by atoms with Crippen LogP contribution in [0.2, 0.25) is 5.02 Å². The molecule has 11 heteroatoms. The monoisotopic (exact) mass is 616 g/mol. The van der Waals surface area contributed by atoms with Gasteiger partial charge in [0.15, 0.2) is 16.7 Å². The molecule has 1 atom stereocenters. The summed E-state index contributed by atoms with van der Waals surface area (Å²) in [5, 5.41) is 20.9. The van der Waals surface area contributed by atoms with Gasteiger partial charge in [-0.15, -0.1) is 10.2 Å². The molecule has 0 bridgehead atoms. The SMILES string of the molecule is CCOc1cc([C@@H](C[N+](=O)[O-])Sc2nnc(C)n2-c2ccc(C)cc2)cc(Br)c1OCc1ccccc1Cl. The van der Waals surface area contributed by atoms with E-state index in [0.717, 1.165) is 16.8 Å². The third kappa shape index (κ3) is 6.67. The van der Waals surface area contributed by atoms with Crippen molar-refractivity contribution in [3.63, 3.8) is 0 Å². The van der Waals surface area contributed by atoms with E-state index in [1.165, 1.54) is 11.8 Å². The lowest BCUT2D eigenvalue weighted by Gasteiger charge is -2.19. The molecule has 0 unspecified atom stereocenters. The number of nitrogens with zero attached hydrogens (tertiary/aromatic N) is 4. The molecule has 4 rings (SSSR count). The van der Waals surface area contributed by atoms with Crippen molar-refractivity contribution < 1.29 is 14.4 Å². The van der Waals surface area contributed by atoms with E-state index in [0.29, 0.717) is 44.1 Å². The van der Waals surface area contributed by atoms with Gasteiger partial charge >= 0.3 is 0 Å². The summed E-state index contributed by atoms with van der Waals surface area (Å²) in [6.07, 6.45) is 0. The van der Waals surface area contributed by atoms with Crippen molar-refractivity contribution in [3.8, 4) is 17.2 Å². The van der Waals surface area contributed by atoms with E-state index in [4.69, 9.17) is 21.1 Å². The summed E-state index contributed by atoms with van der Waals surface area (Å²) >= 11 is 11.2. The normalized spacial score (nSPS) is 11.8. The van der Waals surface area contributed by atoms with E-state index in [-0.39, 0.29) is 18.1 Å². The fourth-order valence-electron chi connectivity index (χ4n) is 3.83. The molecule has 0 N–H and O–H groups in total. The van der Waals surface area contributed by atoms with Gasteiger partial charge in [-0.05, 0) is 72.6 Å². The topological polar surface area (TPSA) is 92.3 Å². The van der Waals surface area contributed by atoms with Crippen LogP contribution in [0.4, 0.5) is 0 Å². The quantitative estimate of drug-likeness (QED) is 0.0984. The van der Waals surface area contributed by atoms with Crippen LogP contribution in [0.15, 0.2) is 70.3 Å². The Hall–Kier alpha value is -3.08. The number of aromatic nitrogens is 3. The van der Waals surface area contributed by atoms with Crippen LogP contribution in [0.1, 0.15) is 34.7 Å². The van der Waals surface area contributed by atoms with Gasteiger partial charge in [-0.2, -0.15) is 0 Å². The third-order valence-corrected chi connectivity index (χ3v) is 7.82. The summed E-state index contributed by atoms with van der Waals surface area (Å²) in [5.74, 6) is 1.67. The van der Waals surface area contributed by atoms with Gasteiger partial charge in [-0.25, -0.2) is 0 Å². The number of aryl methyl sites for hydroxylation is 2. The first-order valence-electron chi connectivity index (χ1n) is 11.9. The second kappa shape index (κ2) is 12.6. The van der Waals surface area contributed by atoms with Crippen molar-refractivity contribution in [2.75, 3.05) is 13.2 Å². The van der Waals surface area contributed by atoms with Crippen LogP contribution in [0.5, 0.6) is 11.5 Å². The Kier molecular flexibility index (Phi) is 9.30. The Morgan fingerprint density at radius 2 is 1.84 bits per heavy atom. The molecule has 4 aromatic rings. The summed E-state index contributed by atoms with van der Waals surface area (Å²) in [6.45, 7) is 6.06. The first-order valence-corrected chi connectivity index (χ1v) is 13.9. The molecule has 8 nitrogen and oxygen atoms in total. The summed E-state index contributed by atoms with van der Waals surface area (Å²) < 4.78 is 14.5. The van der Waals surface area contributed by atoms with Crippen LogP contribution in [-0.4, -0.2) is 32.8 Å². The molecule has 198 valence electrons. The second-order valence-corrected chi connectivity index (χ2v) is 10.9. The molecule has 0 aliphatic rings. The van der Waals surface area contributed by atoms with Crippen molar-refractivity contribution in [3.05, 3.63) is 103 Å². The number of hydrogen-bond donors (Lipinski definition) is 0. The maximum Gasteiger partial charge on any atom is 0.220 e. The molecule has 3 aromatic carbocycles. The fraction of sp³-hybridized carbons (Fsp3) is 0.259. The Labute approximate surface area is 238 Å². The molecule has 38 heavy (non-hydrogen) atoms. The van der Waals surface area contributed by atoms with E-state index >= 15 is 0 Å². The molecular weight excluding hydrogens is 592 g/mol. The van der Waals surface area contributed by atoms with Crippen LogP contribution < -0.4 is 9.47 Å². The second-order valence-electron chi connectivity index (χ2n) is 8.47. The zero-order valence-electron chi connectivity index (χ0n) is 21.1. The van der Waals surface area contributed by atoms with Crippen molar-refractivity contribution in [2.24, 2.45) is 0 Å². The molecule has 0 amide bonds. The Morgan fingerprint density at radius 1 is 1.11 bits per heavy atom. The minimum atomic E-state index is -0.564. The van der Waals surface area contributed by atoms with Crippen molar-refractivity contribution in [2.45, 2.75) is 37.8 Å². The van der Waals surface area contributed by atoms with E-state index in [1.54, 1.807) is 12.1 Å². The summed E-state index contributed by atoms with van der Waals surface area (Å²) in [6, 6.07) is 19.0. The standard InChI is InChI=1S/C27H26BrClN4O4S/c1-4-36-24-14-20(13-22(28)26(24)37-16-19-7-5-6-8-23(19)29)25(15-32(34)35)38-27-31-30-18(3)33(27)21-11-9-17(2)10-12-21/h5-14,25H,4,15-16H2,1-3H3/t25-/m1/s1. The summed E-state index contributed by atoms with van der Waals surface area (Å²) in [5.41, 5.74) is 3.55. The Balaban J connectivity index is 1.67. The molecule has 0 saturated heterocycles. The molecule has 0 aliphatic heterocycles.